The monoisotopic (exact) mass is 716 g/mol. The van der Waals surface area contributed by atoms with Gasteiger partial charge in [0.1, 0.15) is 11.2 Å². The Kier molecular flexibility index (Phi) is 7.42. The summed E-state index contributed by atoms with van der Waals surface area (Å²) in [5, 5.41) is 4.68. The van der Waals surface area contributed by atoms with Crippen molar-refractivity contribution in [2.45, 2.75) is 0 Å². The first-order valence-corrected chi connectivity index (χ1v) is 18.8. The van der Waals surface area contributed by atoms with Crippen molar-refractivity contribution in [1.82, 2.24) is 19.5 Å². The third-order valence-corrected chi connectivity index (χ3v) is 10.7. The molecule has 5 heteroatoms. The Morgan fingerprint density at radius 3 is 1.64 bits per heavy atom. The summed E-state index contributed by atoms with van der Waals surface area (Å²) in [4.78, 5) is 14.9. The van der Waals surface area contributed by atoms with Gasteiger partial charge in [-0.05, 0) is 58.7 Å². The summed E-state index contributed by atoms with van der Waals surface area (Å²) in [7, 11) is 0. The second-order valence-corrected chi connectivity index (χ2v) is 14.0. The summed E-state index contributed by atoms with van der Waals surface area (Å²) >= 11 is 0. The minimum Gasteiger partial charge on any atom is -0.456 e. The van der Waals surface area contributed by atoms with E-state index in [1.54, 1.807) is 0 Å². The predicted octanol–water partition coefficient (Wildman–Crippen LogP) is 13.2. The first-order valence-electron chi connectivity index (χ1n) is 18.8. The Balaban J connectivity index is 1.02. The van der Waals surface area contributed by atoms with Crippen LogP contribution in [0.15, 0.2) is 199 Å². The van der Waals surface area contributed by atoms with Gasteiger partial charge in [0.15, 0.2) is 17.5 Å². The molecule has 0 aliphatic heterocycles. The predicted molar refractivity (Wildman–Crippen MR) is 229 cm³/mol. The van der Waals surface area contributed by atoms with Crippen molar-refractivity contribution in [3.8, 4) is 62.1 Å². The van der Waals surface area contributed by atoms with Crippen molar-refractivity contribution < 1.29 is 4.42 Å². The molecule has 0 radical (unpaired) electrons. The lowest BCUT2D eigenvalue weighted by Gasteiger charge is -2.12. The zero-order chi connectivity index (χ0) is 37.0. The van der Waals surface area contributed by atoms with Gasteiger partial charge in [-0.2, -0.15) is 0 Å². The molecular weight excluding hydrogens is 685 g/mol. The van der Waals surface area contributed by atoms with Crippen LogP contribution in [0, 0.1) is 0 Å². The second-order valence-electron chi connectivity index (χ2n) is 14.0. The standard InChI is InChI=1S/C51H32N4O/c1-3-13-35(14-4-1)49-52-50(36-15-5-2-6-16-36)54-51(53-49)38-17-11-18-39(31-38)55-44-22-9-7-19-41(44)42-30-29-37(32-45(42)55)33-25-27-34(28-26-33)40-21-12-24-47-48(40)43-20-8-10-23-46(43)56-47/h1-32H. The van der Waals surface area contributed by atoms with Gasteiger partial charge < -0.3 is 8.98 Å². The quantitative estimate of drug-likeness (QED) is 0.172. The zero-order valence-electron chi connectivity index (χ0n) is 30.2. The van der Waals surface area contributed by atoms with Crippen LogP contribution < -0.4 is 0 Å². The lowest BCUT2D eigenvalue weighted by Crippen LogP contribution is -2.01. The average molecular weight is 717 g/mol. The first kappa shape index (κ1) is 31.9. The molecule has 0 atom stereocenters. The van der Waals surface area contributed by atoms with E-state index in [0.717, 1.165) is 72.0 Å². The zero-order valence-corrected chi connectivity index (χ0v) is 30.2. The van der Waals surface area contributed by atoms with Crippen LogP contribution in [0.1, 0.15) is 0 Å². The van der Waals surface area contributed by atoms with Gasteiger partial charge in [-0.1, -0.05) is 158 Å². The fraction of sp³-hybridized carbons (Fsp3) is 0. The first-order chi connectivity index (χ1) is 27.7. The van der Waals surface area contributed by atoms with Crippen LogP contribution >= 0.6 is 0 Å². The van der Waals surface area contributed by atoms with E-state index < -0.39 is 0 Å². The van der Waals surface area contributed by atoms with Crippen molar-refractivity contribution in [3.05, 3.63) is 194 Å². The van der Waals surface area contributed by atoms with Gasteiger partial charge in [-0.3, -0.25) is 0 Å². The van der Waals surface area contributed by atoms with Crippen molar-refractivity contribution >= 4 is 43.7 Å². The molecule has 0 N–H and O–H groups in total. The minimum absolute atomic E-state index is 0.625. The molecule has 3 heterocycles. The van der Waals surface area contributed by atoms with Crippen LogP contribution in [0.5, 0.6) is 0 Å². The summed E-state index contributed by atoms with van der Waals surface area (Å²) in [5.41, 5.74) is 12.5. The van der Waals surface area contributed by atoms with Crippen LogP contribution in [0.4, 0.5) is 0 Å². The van der Waals surface area contributed by atoms with Crippen molar-refractivity contribution in [1.29, 1.82) is 0 Å². The highest BCUT2D eigenvalue weighted by molar-refractivity contribution is 6.13. The average Bonchev–Trinajstić information content (AvgIpc) is 3.83. The Morgan fingerprint density at radius 2 is 0.893 bits per heavy atom. The number of nitrogens with zero attached hydrogens (tertiary/aromatic N) is 4. The number of para-hydroxylation sites is 2. The molecule has 0 aliphatic carbocycles. The second kappa shape index (κ2) is 13.0. The van der Waals surface area contributed by atoms with E-state index in [2.05, 4.69) is 120 Å². The van der Waals surface area contributed by atoms with E-state index in [1.165, 1.54) is 16.3 Å². The molecule has 56 heavy (non-hydrogen) atoms. The lowest BCUT2D eigenvalue weighted by molar-refractivity contribution is 0.669. The van der Waals surface area contributed by atoms with Gasteiger partial charge >= 0.3 is 0 Å². The summed E-state index contributed by atoms with van der Waals surface area (Å²) in [6.45, 7) is 0. The molecule has 0 aliphatic rings. The lowest BCUT2D eigenvalue weighted by atomic mass is 9.96. The number of aromatic nitrogens is 4. The number of benzene rings is 8. The molecule has 11 aromatic rings. The Labute approximate surface area is 322 Å². The largest absolute Gasteiger partial charge is 0.456 e. The summed E-state index contributed by atoms with van der Waals surface area (Å²) in [5.74, 6) is 1.91. The van der Waals surface area contributed by atoms with E-state index >= 15 is 0 Å². The normalized spacial score (nSPS) is 11.6. The van der Waals surface area contributed by atoms with Gasteiger partial charge in [-0.15, -0.1) is 0 Å². The fourth-order valence-electron chi connectivity index (χ4n) is 8.01. The molecule has 0 saturated heterocycles. The Morgan fingerprint density at radius 1 is 0.339 bits per heavy atom. The fourth-order valence-corrected chi connectivity index (χ4v) is 8.01. The molecule has 11 rings (SSSR count). The molecule has 0 saturated carbocycles. The number of furan rings is 1. The molecule has 262 valence electrons. The molecular formula is C51H32N4O. The van der Waals surface area contributed by atoms with Crippen molar-refractivity contribution in [3.63, 3.8) is 0 Å². The van der Waals surface area contributed by atoms with Gasteiger partial charge in [-0.25, -0.2) is 15.0 Å². The third kappa shape index (κ3) is 5.37. The van der Waals surface area contributed by atoms with Crippen LogP contribution in [0.25, 0.3) is 106 Å². The molecule has 3 aromatic heterocycles. The maximum Gasteiger partial charge on any atom is 0.164 e. The van der Waals surface area contributed by atoms with E-state index in [-0.39, 0.29) is 0 Å². The smallest absolute Gasteiger partial charge is 0.164 e. The van der Waals surface area contributed by atoms with Gasteiger partial charge in [0, 0.05) is 43.9 Å². The number of fused-ring (bicyclic) bond motifs is 6. The highest BCUT2D eigenvalue weighted by Crippen LogP contribution is 2.39. The van der Waals surface area contributed by atoms with Gasteiger partial charge in [0.05, 0.1) is 11.0 Å². The SMILES string of the molecule is c1ccc(-c2nc(-c3ccccc3)nc(-c3cccc(-n4c5ccccc5c5ccc(-c6ccc(-c7cccc8oc9ccccc9c78)cc6)cc54)c3)n2)cc1. The maximum absolute atomic E-state index is 6.19. The molecule has 0 fully saturated rings. The molecule has 0 unspecified atom stereocenters. The van der Waals surface area contributed by atoms with E-state index in [1.807, 2.05) is 78.9 Å². The van der Waals surface area contributed by atoms with E-state index in [4.69, 9.17) is 19.4 Å². The van der Waals surface area contributed by atoms with Crippen LogP contribution in [-0.2, 0) is 0 Å². The molecule has 0 spiro atoms. The van der Waals surface area contributed by atoms with E-state index in [9.17, 15) is 0 Å². The van der Waals surface area contributed by atoms with Crippen molar-refractivity contribution in [2.75, 3.05) is 0 Å². The number of hydrogen-bond acceptors (Lipinski definition) is 4. The highest BCUT2D eigenvalue weighted by atomic mass is 16.3. The number of rotatable bonds is 6. The summed E-state index contributed by atoms with van der Waals surface area (Å²) < 4.78 is 8.54. The Hall–Kier alpha value is -7.63. The van der Waals surface area contributed by atoms with Crippen molar-refractivity contribution in [2.24, 2.45) is 0 Å². The summed E-state index contributed by atoms with van der Waals surface area (Å²) in [6.07, 6.45) is 0. The molecule has 5 nitrogen and oxygen atoms in total. The van der Waals surface area contributed by atoms with Crippen LogP contribution in [0.3, 0.4) is 0 Å². The van der Waals surface area contributed by atoms with Crippen LogP contribution in [0.2, 0.25) is 0 Å². The van der Waals surface area contributed by atoms with Gasteiger partial charge in [0.25, 0.3) is 0 Å². The highest BCUT2D eigenvalue weighted by Gasteiger charge is 2.17. The molecule has 0 amide bonds. The Bertz CT molecular complexity index is 3180. The third-order valence-electron chi connectivity index (χ3n) is 10.7. The molecule has 8 aromatic carbocycles. The van der Waals surface area contributed by atoms with Crippen LogP contribution in [-0.4, -0.2) is 19.5 Å². The maximum atomic E-state index is 6.19. The van der Waals surface area contributed by atoms with Gasteiger partial charge in [0.2, 0.25) is 0 Å². The van der Waals surface area contributed by atoms with E-state index in [0.29, 0.717) is 17.5 Å². The minimum atomic E-state index is 0.625. The number of hydrogen-bond donors (Lipinski definition) is 0. The molecule has 0 bridgehead atoms. The summed E-state index contributed by atoms with van der Waals surface area (Å²) in [6, 6.07) is 67.6. The topological polar surface area (TPSA) is 56.7 Å².